The molecular weight excluding hydrogens is 305 g/mol. The second-order valence-corrected chi connectivity index (χ2v) is 5.94. The lowest BCUT2D eigenvalue weighted by atomic mass is 10.1. The maximum Gasteiger partial charge on any atom is 0.154 e. The van der Waals surface area contributed by atoms with Crippen molar-refractivity contribution >= 4 is 45.8 Å². The number of hydrogen-bond donors (Lipinski definition) is 1. The summed E-state index contributed by atoms with van der Waals surface area (Å²) in [6.45, 7) is 6.89. The number of aryl methyl sites for hydroxylation is 1. The summed E-state index contributed by atoms with van der Waals surface area (Å²) < 4.78 is 5.87. The molecule has 1 aromatic heterocycles. The van der Waals surface area contributed by atoms with Crippen LogP contribution in [0.5, 0.6) is 0 Å². The molecule has 2 nitrogen and oxygen atoms in total. The minimum atomic E-state index is 0.382. The standard InChI is InChI=1S/C14H16Cl3NO/c1-4-8-11(6-18-7(2)3)19-14-10(16)5-9(15)13(17)12(8)14/h5,7,18H,4,6H2,1-3H3. The van der Waals surface area contributed by atoms with Gasteiger partial charge < -0.3 is 9.73 Å². The first kappa shape index (κ1) is 15.0. The van der Waals surface area contributed by atoms with E-state index in [-0.39, 0.29) is 0 Å². The molecule has 0 fully saturated rings. The van der Waals surface area contributed by atoms with Gasteiger partial charge in [-0.15, -0.1) is 0 Å². The van der Waals surface area contributed by atoms with E-state index < -0.39 is 0 Å². The van der Waals surface area contributed by atoms with Gasteiger partial charge in [0.05, 0.1) is 21.6 Å². The van der Waals surface area contributed by atoms with E-state index in [1.165, 1.54) is 0 Å². The normalized spacial score (nSPS) is 11.7. The van der Waals surface area contributed by atoms with Gasteiger partial charge in [0.1, 0.15) is 5.76 Å². The third-order valence-electron chi connectivity index (χ3n) is 3.01. The van der Waals surface area contributed by atoms with Crippen LogP contribution in [-0.4, -0.2) is 6.04 Å². The van der Waals surface area contributed by atoms with E-state index in [0.29, 0.717) is 33.2 Å². The third kappa shape index (κ3) is 2.87. The molecule has 0 unspecified atom stereocenters. The molecule has 0 atom stereocenters. The van der Waals surface area contributed by atoms with E-state index in [2.05, 4.69) is 26.1 Å². The van der Waals surface area contributed by atoms with E-state index in [9.17, 15) is 0 Å². The fraction of sp³-hybridized carbons (Fsp3) is 0.429. The molecule has 2 rings (SSSR count). The molecule has 5 heteroatoms. The molecule has 0 aliphatic heterocycles. The van der Waals surface area contributed by atoms with Crippen molar-refractivity contribution in [1.82, 2.24) is 5.32 Å². The monoisotopic (exact) mass is 319 g/mol. The van der Waals surface area contributed by atoms with E-state index in [1.54, 1.807) is 6.07 Å². The van der Waals surface area contributed by atoms with Crippen molar-refractivity contribution in [2.75, 3.05) is 0 Å². The van der Waals surface area contributed by atoms with Gasteiger partial charge in [0.2, 0.25) is 0 Å². The summed E-state index contributed by atoms with van der Waals surface area (Å²) in [6, 6.07) is 2.00. The minimum absolute atomic E-state index is 0.382. The molecule has 0 saturated carbocycles. The topological polar surface area (TPSA) is 25.2 Å². The maximum atomic E-state index is 6.29. The lowest BCUT2D eigenvalue weighted by Crippen LogP contribution is -2.22. The number of fused-ring (bicyclic) bond motifs is 1. The molecule has 1 aromatic carbocycles. The number of hydrogen-bond acceptors (Lipinski definition) is 2. The van der Waals surface area contributed by atoms with Crippen molar-refractivity contribution < 1.29 is 4.42 Å². The highest BCUT2D eigenvalue weighted by Crippen LogP contribution is 2.40. The number of benzene rings is 1. The summed E-state index contributed by atoms with van der Waals surface area (Å²) in [4.78, 5) is 0. The zero-order valence-corrected chi connectivity index (χ0v) is 13.4. The Bertz CT molecular complexity index is 604. The van der Waals surface area contributed by atoms with E-state index in [1.807, 2.05) is 0 Å². The predicted molar refractivity (Wildman–Crippen MR) is 82.6 cm³/mol. The Hall–Kier alpha value is -0.410. The zero-order valence-electron chi connectivity index (χ0n) is 11.1. The summed E-state index contributed by atoms with van der Waals surface area (Å²) in [5.74, 6) is 0.872. The summed E-state index contributed by atoms with van der Waals surface area (Å²) in [7, 11) is 0. The molecule has 0 radical (unpaired) electrons. The van der Waals surface area contributed by atoms with Crippen LogP contribution >= 0.6 is 34.8 Å². The first-order chi connectivity index (χ1) is 8.95. The van der Waals surface area contributed by atoms with E-state index in [4.69, 9.17) is 39.2 Å². The minimum Gasteiger partial charge on any atom is -0.458 e. The lowest BCUT2D eigenvalue weighted by molar-refractivity contribution is 0.484. The highest BCUT2D eigenvalue weighted by atomic mass is 35.5. The highest BCUT2D eigenvalue weighted by molar-refractivity contribution is 6.47. The van der Waals surface area contributed by atoms with Crippen LogP contribution in [0, 0.1) is 0 Å². The van der Waals surface area contributed by atoms with Crippen molar-refractivity contribution in [1.29, 1.82) is 0 Å². The Balaban J connectivity index is 2.61. The zero-order chi connectivity index (χ0) is 14.2. The van der Waals surface area contributed by atoms with Crippen molar-refractivity contribution in [2.45, 2.75) is 39.8 Å². The summed E-state index contributed by atoms with van der Waals surface area (Å²) in [5, 5.41) is 5.64. The molecule has 19 heavy (non-hydrogen) atoms. The predicted octanol–water partition coefficient (Wildman–Crippen LogP) is 5.45. The third-order valence-corrected chi connectivity index (χ3v) is 4.08. The Kier molecular flexibility index (Phi) is 4.67. The molecule has 2 aromatic rings. The summed E-state index contributed by atoms with van der Waals surface area (Å²) >= 11 is 18.6. The van der Waals surface area contributed by atoms with Gasteiger partial charge in [0.15, 0.2) is 5.58 Å². The van der Waals surface area contributed by atoms with Gasteiger partial charge in [-0.2, -0.15) is 0 Å². The van der Waals surface area contributed by atoms with Crippen molar-refractivity contribution in [3.05, 3.63) is 32.5 Å². The fourth-order valence-electron chi connectivity index (χ4n) is 2.09. The number of halogens is 3. The first-order valence-corrected chi connectivity index (χ1v) is 7.40. The molecule has 0 aliphatic rings. The Labute approximate surface area is 128 Å². The van der Waals surface area contributed by atoms with Crippen LogP contribution < -0.4 is 5.32 Å². The van der Waals surface area contributed by atoms with Gasteiger partial charge in [-0.25, -0.2) is 0 Å². The quantitative estimate of drug-likeness (QED) is 0.757. The molecule has 0 amide bonds. The van der Waals surface area contributed by atoms with Crippen LogP contribution in [0.3, 0.4) is 0 Å². The van der Waals surface area contributed by atoms with E-state index >= 15 is 0 Å². The Morgan fingerprint density at radius 2 is 1.89 bits per heavy atom. The van der Waals surface area contributed by atoms with Gasteiger partial charge in [0, 0.05) is 17.0 Å². The average molecular weight is 321 g/mol. The van der Waals surface area contributed by atoms with Crippen LogP contribution in [0.15, 0.2) is 10.5 Å². The Morgan fingerprint density at radius 3 is 2.47 bits per heavy atom. The van der Waals surface area contributed by atoms with Crippen LogP contribution in [-0.2, 0) is 13.0 Å². The average Bonchev–Trinajstić information content (AvgIpc) is 2.72. The van der Waals surface area contributed by atoms with Gasteiger partial charge in [0.25, 0.3) is 0 Å². The van der Waals surface area contributed by atoms with Gasteiger partial charge in [-0.1, -0.05) is 55.6 Å². The molecule has 0 bridgehead atoms. The van der Waals surface area contributed by atoms with Crippen molar-refractivity contribution in [3.63, 3.8) is 0 Å². The smallest absolute Gasteiger partial charge is 0.154 e. The van der Waals surface area contributed by atoms with Crippen molar-refractivity contribution in [3.8, 4) is 0 Å². The van der Waals surface area contributed by atoms with Gasteiger partial charge >= 0.3 is 0 Å². The van der Waals surface area contributed by atoms with Gasteiger partial charge in [-0.3, -0.25) is 0 Å². The number of furan rings is 1. The molecule has 0 spiro atoms. The SMILES string of the molecule is CCc1c(CNC(C)C)oc2c(Cl)cc(Cl)c(Cl)c12. The van der Waals surface area contributed by atoms with Crippen LogP contribution in [0.1, 0.15) is 32.1 Å². The van der Waals surface area contributed by atoms with Crippen molar-refractivity contribution in [2.24, 2.45) is 0 Å². The largest absolute Gasteiger partial charge is 0.458 e. The first-order valence-electron chi connectivity index (χ1n) is 6.26. The second-order valence-electron chi connectivity index (χ2n) is 4.75. The highest BCUT2D eigenvalue weighted by Gasteiger charge is 2.19. The fourth-order valence-corrected chi connectivity index (χ4v) is 2.84. The summed E-state index contributed by atoms with van der Waals surface area (Å²) in [5.41, 5.74) is 1.69. The van der Waals surface area contributed by atoms with Gasteiger partial charge in [-0.05, 0) is 12.5 Å². The molecular formula is C14H16Cl3NO. The Morgan fingerprint density at radius 1 is 1.21 bits per heavy atom. The molecule has 104 valence electrons. The maximum absolute atomic E-state index is 6.29. The van der Waals surface area contributed by atoms with Crippen LogP contribution in [0.25, 0.3) is 11.0 Å². The molecule has 1 heterocycles. The summed E-state index contributed by atoms with van der Waals surface area (Å²) in [6.07, 6.45) is 0.818. The lowest BCUT2D eigenvalue weighted by Gasteiger charge is -2.07. The number of rotatable bonds is 4. The molecule has 0 aliphatic carbocycles. The molecule has 1 N–H and O–H groups in total. The van der Waals surface area contributed by atoms with E-state index in [0.717, 1.165) is 23.1 Å². The molecule has 0 saturated heterocycles. The number of nitrogens with one attached hydrogen (secondary N) is 1. The second kappa shape index (κ2) is 5.92. The van der Waals surface area contributed by atoms with Crippen LogP contribution in [0.4, 0.5) is 0 Å². The van der Waals surface area contributed by atoms with Crippen LogP contribution in [0.2, 0.25) is 15.1 Å².